The van der Waals surface area contributed by atoms with Gasteiger partial charge in [-0.3, -0.25) is 23.6 Å². The largest absolute Gasteiger partial charge is 0.468 e. The van der Waals surface area contributed by atoms with Gasteiger partial charge in [-0.1, -0.05) is 36.4 Å². The smallest absolute Gasteiger partial charge is 0.332 e. The molecular formula is C24H24N4O4S. The fraction of sp³-hybridized carbons (Fsp3) is 0.208. The van der Waals surface area contributed by atoms with Crippen molar-refractivity contribution in [1.29, 1.82) is 0 Å². The number of nitrogen functional groups attached to an aromatic ring is 1. The Hall–Kier alpha value is -3.69. The zero-order valence-electron chi connectivity index (χ0n) is 18.1. The number of ketones is 1. The molecule has 3 heterocycles. The molecule has 170 valence electrons. The summed E-state index contributed by atoms with van der Waals surface area (Å²) in [5.74, 6) is 0.137. The van der Waals surface area contributed by atoms with Crippen LogP contribution in [0, 0.1) is 0 Å². The van der Waals surface area contributed by atoms with Gasteiger partial charge in [0.1, 0.15) is 17.1 Å². The van der Waals surface area contributed by atoms with Crippen LogP contribution in [0.2, 0.25) is 0 Å². The molecule has 0 atom stereocenters. The van der Waals surface area contributed by atoms with Gasteiger partial charge in [0.2, 0.25) is 0 Å². The van der Waals surface area contributed by atoms with E-state index in [0.717, 1.165) is 15.0 Å². The van der Waals surface area contributed by atoms with Gasteiger partial charge in [-0.15, -0.1) is 11.3 Å². The van der Waals surface area contributed by atoms with E-state index in [9.17, 15) is 14.4 Å². The number of rotatable bonds is 9. The van der Waals surface area contributed by atoms with Crippen LogP contribution < -0.4 is 17.0 Å². The second-order valence-corrected chi connectivity index (χ2v) is 8.74. The van der Waals surface area contributed by atoms with E-state index < -0.39 is 17.0 Å². The Balaban J connectivity index is 1.66. The summed E-state index contributed by atoms with van der Waals surface area (Å²) in [7, 11) is 1.36. The topological polar surface area (TPSA) is 103 Å². The summed E-state index contributed by atoms with van der Waals surface area (Å²) in [4.78, 5) is 41.9. The molecule has 4 rings (SSSR count). The fourth-order valence-electron chi connectivity index (χ4n) is 3.66. The van der Waals surface area contributed by atoms with Crippen LogP contribution in [0.4, 0.5) is 5.82 Å². The maximum atomic E-state index is 13.3. The highest BCUT2D eigenvalue weighted by Gasteiger charge is 2.24. The van der Waals surface area contributed by atoms with E-state index in [1.807, 2.05) is 58.8 Å². The van der Waals surface area contributed by atoms with Crippen LogP contribution >= 0.6 is 11.3 Å². The minimum atomic E-state index is -0.694. The van der Waals surface area contributed by atoms with Crippen LogP contribution in [-0.2, 0) is 26.7 Å². The van der Waals surface area contributed by atoms with Crippen molar-refractivity contribution in [1.82, 2.24) is 14.0 Å². The highest BCUT2D eigenvalue weighted by Crippen LogP contribution is 2.16. The normalized spacial score (nSPS) is 11.2. The van der Waals surface area contributed by atoms with Gasteiger partial charge < -0.3 is 10.2 Å². The molecule has 0 aliphatic rings. The second kappa shape index (κ2) is 9.85. The van der Waals surface area contributed by atoms with Gasteiger partial charge in [0.15, 0.2) is 5.78 Å². The van der Waals surface area contributed by atoms with Crippen molar-refractivity contribution >= 4 is 22.9 Å². The van der Waals surface area contributed by atoms with E-state index in [4.69, 9.17) is 10.2 Å². The van der Waals surface area contributed by atoms with E-state index in [1.54, 1.807) is 23.7 Å². The third-order valence-corrected chi connectivity index (χ3v) is 6.19. The van der Waals surface area contributed by atoms with Gasteiger partial charge in [0, 0.05) is 18.5 Å². The van der Waals surface area contributed by atoms with Crippen LogP contribution in [0.1, 0.15) is 26.6 Å². The Bertz CT molecular complexity index is 1300. The lowest BCUT2D eigenvalue weighted by atomic mass is 10.1. The zero-order valence-corrected chi connectivity index (χ0v) is 19.0. The quantitative estimate of drug-likeness (QED) is 0.382. The molecule has 2 N–H and O–H groups in total. The Morgan fingerprint density at radius 3 is 2.52 bits per heavy atom. The molecule has 0 spiro atoms. The molecule has 0 saturated heterocycles. The first-order valence-corrected chi connectivity index (χ1v) is 11.3. The van der Waals surface area contributed by atoms with Crippen molar-refractivity contribution in [3.05, 3.63) is 109 Å². The Morgan fingerprint density at radius 1 is 1.06 bits per heavy atom. The summed E-state index contributed by atoms with van der Waals surface area (Å²) >= 11 is 1.58. The number of Topliss-reactive ketones (excluding diaryl/α,β-unsaturated/α-hetero) is 1. The summed E-state index contributed by atoms with van der Waals surface area (Å²) in [5, 5.41) is 1.97. The van der Waals surface area contributed by atoms with Crippen molar-refractivity contribution < 1.29 is 9.21 Å². The molecule has 0 aliphatic carbocycles. The molecule has 0 amide bonds. The summed E-state index contributed by atoms with van der Waals surface area (Å²) in [6.45, 7) is 1.00. The van der Waals surface area contributed by atoms with Crippen molar-refractivity contribution in [3.63, 3.8) is 0 Å². The zero-order chi connectivity index (χ0) is 23.4. The molecule has 3 aromatic heterocycles. The number of nitrogens with zero attached hydrogens (tertiary/aromatic N) is 3. The highest BCUT2D eigenvalue weighted by atomic mass is 32.1. The van der Waals surface area contributed by atoms with Crippen molar-refractivity contribution in [2.45, 2.75) is 19.6 Å². The summed E-state index contributed by atoms with van der Waals surface area (Å²) < 4.78 is 7.65. The first-order valence-electron chi connectivity index (χ1n) is 10.4. The van der Waals surface area contributed by atoms with Gasteiger partial charge in [0.05, 0.1) is 25.9 Å². The molecule has 8 nitrogen and oxygen atoms in total. The molecule has 9 heteroatoms. The molecule has 4 aromatic rings. The van der Waals surface area contributed by atoms with E-state index in [-0.39, 0.29) is 24.5 Å². The minimum absolute atomic E-state index is 0.0540. The lowest BCUT2D eigenvalue weighted by molar-refractivity contribution is 0.0913. The first kappa shape index (κ1) is 22.5. The third kappa shape index (κ3) is 5.05. The van der Waals surface area contributed by atoms with Crippen molar-refractivity contribution in [2.75, 3.05) is 12.3 Å². The lowest BCUT2D eigenvalue weighted by Crippen LogP contribution is -2.44. The number of hydrogen-bond donors (Lipinski definition) is 1. The molecule has 0 radical (unpaired) electrons. The number of carbonyl (C=O) groups excluding carboxylic acids is 1. The summed E-state index contributed by atoms with van der Waals surface area (Å²) in [6.07, 6.45) is 1.58. The number of furan rings is 1. The first-order chi connectivity index (χ1) is 15.9. The SMILES string of the molecule is Cn1c(=O)c(C(=O)CN(Cc2ccco2)Cc2cccs2)c(N)n(Cc2ccccc2)c1=O. The average molecular weight is 465 g/mol. The van der Waals surface area contributed by atoms with Gasteiger partial charge in [-0.05, 0) is 29.1 Å². The monoisotopic (exact) mass is 464 g/mol. The molecule has 1 aromatic carbocycles. The van der Waals surface area contributed by atoms with Crippen molar-refractivity contribution in [2.24, 2.45) is 7.05 Å². The van der Waals surface area contributed by atoms with E-state index in [2.05, 4.69) is 0 Å². The molecule has 0 aliphatic heterocycles. The Morgan fingerprint density at radius 2 is 1.85 bits per heavy atom. The molecule has 0 bridgehead atoms. The molecule has 0 fully saturated rings. The lowest BCUT2D eigenvalue weighted by Gasteiger charge is -2.21. The molecule has 0 saturated carbocycles. The van der Waals surface area contributed by atoms with Gasteiger partial charge in [-0.25, -0.2) is 4.79 Å². The van der Waals surface area contributed by atoms with E-state index in [1.165, 1.54) is 11.6 Å². The van der Waals surface area contributed by atoms with E-state index >= 15 is 0 Å². The number of nitrogens with two attached hydrogens (primary N) is 1. The number of thiophene rings is 1. The predicted molar refractivity (Wildman–Crippen MR) is 127 cm³/mol. The van der Waals surface area contributed by atoms with Gasteiger partial charge in [-0.2, -0.15) is 0 Å². The van der Waals surface area contributed by atoms with Crippen LogP contribution in [0.3, 0.4) is 0 Å². The predicted octanol–water partition coefficient (Wildman–Crippen LogP) is 2.72. The van der Waals surface area contributed by atoms with Crippen LogP contribution in [0.25, 0.3) is 0 Å². The summed E-state index contributed by atoms with van der Waals surface area (Å²) in [6, 6.07) is 16.8. The molecule has 0 unspecified atom stereocenters. The Labute approximate surface area is 194 Å². The number of carbonyl (C=O) groups is 1. The van der Waals surface area contributed by atoms with E-state index in [0.29, 0.717) is 18.8 Å². The molecular weight excluding hydrogens is 440 g/mol. The number of hydrogen-bond acceptors (Lipinski definition) is 7. The number of anilines is 1. The maximum absolute atomic E-state index is 13.3. The summed E-state index contributed by atoms with van der Waals surface area (Å²) in [5.41, 5.74) is 5.64. The minimum Gasteiger partial charge on any atom is -0.468 e. The number of aromatic nitrogens is 2. The standard InChI is InChI=1S/C24H24N4O4S/c1-26-23(30)21(22(25)28(24(26)31)13-17-7-3-2-4-8-17)20(29)16-27(14-18-9-5-11-32-18)15-19-10-6-12-33-19/h2-12H,13-16,25H2,1H3. The number of benzene rings is 1. The van der Waals surface area contributed by atoms with Gasteiger partial charge >= 0.3 is 5.69 Å². The van der Waals surface area contributed by atoms with Crippen LogP contribution in [0.5, 0.6) is 0 Å². The Kier molecular flexibility index (Phi) is 6.71. The fourth-order valence-corrected chi connectivity index (χ4v) is 4.41. The van der Waals surface area contributed by atoms with Crippen LogP contribution in [-0.4, -0.2) is 26.4 Å². The maximum Gasteiger partial charge on any atom is 0.332 e. The van der Waals surface area contributed by atoms with Crippen molar-refractivity contribution in [3.8, 4) is 0 Å². The average Bonchev–Trinajstić information content (AvgIpc) is 3.50. The highest BCUT2D eigenvalue weighted by molar-refractivity contribution is 7.09. The second-order valence-electron chi connectivity index (χ2n) is 7.71. The third-order valence-electron chi connectivity index (χ3n) is 5.33. The van der Waals surface area contributed by atoms with Crippen LogP contribution in [0.15, 0.2) is 80.2 Å². The van der Waals surface area contributed by atoms with Gasteiger partial charge in [0.25, 0.3) is 5.56 Å². The molecule has 33 heavy (non-hydrogen) atoms.